The van der Waals surface area contributed by atoms with E-state index in [0.29, 0.717) is 11.5 Å². The summed E-state index contributed by atoms with van der Waals surface area (Å²) in [5.74, 6) is 0.461. The lowest BCUT2D eigenvalue weighted by atomic mass is 10.3. The molecule has 0 fully saturated rings. The van der Waals surface area contributed by atoms with Gasteiger partial charge in [-0.05, 0) is 0 Å². The van der Waals surface area contributed by atoms with Crippen LogP contribution >= 0.6 is 0 Å². The van der Waals surface area contributed by atoms with Gasteiger partial charge in [-0.25, -0.2) is 20.0 Å². The molecule has 0 saturated heterocycles. The SMILES string of the molecule is OC1N=CN=C2N=CN=C21. The number of aliphatic hydroxyl groups excluding tert-OH is 1. The Bertz CT molecular complexity index is 275. The van der Waals surface area contributed by atoms with Gasteiger partial charge in [-0.3, -0.25) is 0 Å². The summed E-state index contributed by atoms with van der Waals surface area (Å²) in [6, 6.07) is 0. The quantitative estimate of drug-likeness (QED) is 0.466. The summed E-state index contributed by atoms with van der Waals surface area (Å²) in [6.45, 7) is 0. The predicted octanol–water partition coefficient (Wildman–Crippen LogP) is -0.772. The van der Waals surface area contributed by atoms with Gasteiger partial charge in [-0.15, -0.1) is 0 Å². The molecule has 0 bridgehead atoms. The molecular weight excluding hydrogens is 132 g/mol. The first kappa shape index (κ1) is 5.43. The van der Waals surface area contributed by atoms with Crippen LogP contribution in [0, 0.1) is 0 Å². The summed E-state index contributed by atoms with van der Waals surface area (Å²) < 4.78 is 0. The Kier molecular flexibility index (Phi) is 0.983. The van der Waals surface area contributed by atoms with E-state index in [1.54, 1.807) is 0 Å². The molecule has 2 aliphatic heterocycles. The van der Waals surface area contributed by atoms with Crippen molar-refractivity contribution in [2.45, 2.75) is 6.23 Å². The summed E-state index contributed by atoms with van der Waals surface area (Å²) in [5, 5.41) is 9.09. The fraction of sp³-hybridized carbons (Fsp3) is 0.200. The first-order valence-electron chi connectivity index (χ1n) is 2.76. The molecule has 10 heavy (non-hydrogen) atoms. The number of hydrogen-bond donors (Lipinski definition) is 1. The standard InChI is InChI=1S/C5H4N4O/c10-5-3-4(7-1-6-3)8-2-9-5/h1-2,5,10H. The number of nitrogens with zero attached hydrogens (tertiary/aromatic N) is 4. The van der Waals surface area contributed by atoms with Gasteiger partial charge in [0.25, 0.3) is 0 Å². The van der Waals surface area contributed by atoms with Crippen LogP contribution in [0.4, 0.5) is 0 Å². The zero-order valence-electron chi connectivity index (χ0n) is 4.97. The van der Waals surface area contributed by atoms with Gasteiger partial charge in [0.2, 0.25) is 0 Å². The summed E-state index contributed by atoms with van der Waals surface area (Å²) in [7, 11) is 0. The average Bonchev–Trinajstić information content (AvgIpc) is 2.36. The van der Waals surface area contributed by atoms with Gasteiger partial charge in [-0.1, -0.05) is 0 Å². The van der Waals surface area contributed by atoms with Gasteiger partial charge in [0.15, 0.2) is 12.1 Å². The van der Waals surface area contributed by atoms with Crippen molar-refractivity contribution in [3.8, 4) is 0 Å². The second-order valence-electron chi connectivity index (χ2n) is 1.85. The highest BCUT2D eigenvalue weighted by Crippen LogP contribution is 2.04. The number of hydrogen-bond acceptors (Lipinski definition) is 5. The van der Waals surface area contributed by atoms with Gasteiger partial charge in [0.05, 0.1) is 0 Å². The number of aliphatic hydroxyl groups is 1. The molecule has 0 spiro atoms. The van der Waals surface area contributed by atoms with Crippen LogP contribution in [-0.4, -0.2) is 35.6 Å². The molecule has 2 rings (SSSR count). The molecule has 0 aromatic carbocycles. The lowest BCUT2D eigenvalue weighted by Crippen LogP contribution is -2.26. The van der Waals surface area contributed by atoms with E-state index in [2.05, 4.69) is 20.0 Å². The van der Waals surface area contributed by atoms with Crippen LogP contribution in [0.1, 0.15) is 0 Å². The molecule has 0 aliphatic carbocycles. The van der Waals surface area contributed by atoms with Crippen LogP contribution in [0.25, 0.3) is 0 Å². The summed E-state index contributed by atoms with van der Waals surface area (Å²) >= 11 is 0. The van der Waals surface area contributed by atoms with Crippen LogP contribution in [-0.2, 0) is 0 Å². The Morgan fingerprint density at radius 3 is 3.00 bits per heavy atom. The zero-order valence-corrected chi connectivity index (χ0v) is 4.97. The Hall–Kier alpha value is -1.36. The maximum atomic E-state index is 9.09. The molecule has 0 amide bonds. The van der Waals surface area contributed by atoms with E-state index in [1.807, 2.05) is 0 Å². The number of aliphatic imine (C=N–C) groups is 4. The minimum atomic E-state index is -0.880. The van der Waals surface area contributed by atoms with E-state index in [1.165, 1.54) is 12.7 Å². The van der Waals surface area contributed by atoms with Crippen LogP contribution in [0.2, 0.25) is 0 Å². The first-order valence-corrected chi connectivity index (χ1v) is 2.76. The molecule has 0 saturated carbocycles. The second-order valence-corrected chi connectivity index (χ2v) is 1.85. The number of fused-ring (bicyclic) bond motifs is 1. The van der Waals surface area contributed by atoms with Crippen LogP contribution in [0.3, 0.4) is 0 Å². The van der Waals surface area contributed by atoms with E-state index < -0.39 is 6.23 Å². The Balaban J connectivity index is 2.45. The summed E-state index contributed by atoms with van der Waals surface area (Å²) in [4.78, 5) is 14.9. The van der Waals surface area contributed by atoms with E-state index in [4.69, 9.17) is 5.11 Å². The Morgan fingerprint density at radius 1 is 1.30 bits per heavy atom. The molecule has 2 aliphatic rings. The van der Waals surface area contributed by atoms with E-state index in [9.17, 15) is 0 Å². The molecule has 0 radical (unpaired) electrons. The third-order valence-electron chi connectivity index (χ3n) is 1.24. The minimum absolute atomic E-state index is 0.433. The normalized spacial score (nSPS) is 27.9. The third kappa shape index (κ3) is 0.608. The molecule has 0 aromatic rings. The van der Waals surface area contributed by atoms with Crippen LogP contribution in [0.15, 0.2) is 20.0 Å². The van der Waals surface area contributed by atoms with Crippen molar-refractivity contribution in [2.24, 2.45) is 20.0 Å². The molecule has 5 nitrogen and oxygen atoms in total. The second kappa shape index (κ2) is 1.81. The molecule has 1 atom stereocenters. The third-order valence-corrected chi connectivity index (χ3v) is 1.24. The minimum Gasteiger partial charge on any atom is -0.366 e. The summed E-state index contributed by atoms with van der Waals surface area (Å²) in [5.41, 5.74) is 0.433. The smallest absolute Gasteiger partial charge is 0.194 e. The van der Waals surface area contributed by atoms with Crippen molar-refractivity contribution < 1.29 is 5.11 Å². The maximum absolute atomic E-state index is 9.09. The fourth-order valence-corrected chi connectivity index (χ4v) is 0.773. The van der Waals surface area contributed by atoms with Crippen molar-refractivity contribution in [3.05, 3.63) is 0 Å². The van der Waals surface area contributed by atoms with Gasteiger partial charge in [-0.2, -0.15) is 0 Å². The van der Waals surface area contributed by atoms with Crippen molar-refractivity contribution in [1.29, 1.82) is 0 Å². The number of amidine groups is 1. The van der Waals surface area contributed by atoms with Crippen molar-refractivity contribution in [2.75, 3.05) is 0 Å². The van der Waals surface area contributed by atoms with Crippen LogP contribution in [0.5, 0.6) is 0 Å². The predicted molar refractivity (Wildman–Crippen MR) is 37.9 cm³/mol. The monoisotopic (exact) mass is 136 g/mol. The van der Waals surface area contributed by atoms with Crippen LogP contribution < -0.4 is 0 Å². The lowest BCUT2D eigenvalue weighted by molar-refractivity contribution is 0.254. The van der Waals surface area contributed by atoms with Gasteiger partial charge in [0.1, 0.15) is 18.4 Å². The van der Waals surface area contributed by atoms with E-state index >= 15 is 0 Å². The molecule has 5 heteroatoms. The summed E-state index contributed by atoms with van der Waals surface area (Å²) in [6.07, 6.45) is 1.75. The van der Waals surface area contributed by atoms with Gasteiger partial charge < -0.3 is 5.11 Å². The molecule has 2 heterocycles. The van der Waals surface area contributed by atoms with Gasteiger partial charge in [0, 0.05) is 0 Å². The van der Waals surface area contributed by atoms with Gasteiger partial charge >= 0.3 is 0 Å². The molecular formula is C5H4N4O. The molecule has 0 aromatic heterocycles. The van der Waals surface area contributed by atoms with E-state index in [-0.39, 0.29) is 0 Å². The van der Waals surface area contributed by atoms with Crippen molar-refractivity contribution >= 4 is 24.2 Å². The largest absolute Gasteiger partial charge is 0.366 e. The lowest BCUT2D eigenvalue weighted by Gasteiger charge is -2.06. The highest BCUT2D eigenvalue weighted by molar-refractivity contribution is 6.49. The zero-order chi connectivity index (χ0) is 6.97. The molecule has 1 unspecified atom stereocenters. The Morgan fingerprint density at radius 2 is 2.20 bits per heavy atom. The highest BCUT2D eigenvalue weighted by atomic mass is 16.3. The molecule has 1 N–H and O–H groups in total. The average molecular weight is 136 g/mol. The maximum Gasteiger partial charge on any atom is 0.194 e. The number of rotatable bonds is 0. The van der Waals surface area contributed by atoms with E-state index in [0.717, 1.165) is 0 Å². The topological polar surface area (TPSA) is 69.7 Å². The van der Waals surface area contributed by atoms with Crippen molar-refractivity contribution in [1.82, 2.24) is 0 Å². The molecule has 50 valence electrons. The first-order chi connectivity index (χ1) is 4.88. The van der Waals surface area contributed by atoms with Crippen molar-refractivity contribution in [3.63, 3.8) is 0 Å². The Labute approximate surface area is 56.6 Å². The highest BCUT2D eigenvalue weighted by Gasteiger charge is 2.21. The fourth-order valence-electron chi connectivity index (χ4n) is 0.773.